The molecule has 180 valence electrons. The van der Waals surface area contributed by atoms with Gasteiger partial charge in [-0.1, -0.05) is 0 Å². The Morgan fingerprint density at radius 3 is 1.71 bits per heavy atom. The van der Waals surface area contributed by atoms with Crippen LogP contribution < -0.4 is 0 Å². The number of esters is 3. The van der Waals surface area contributed by atoms with Gasteiger partial charge in [0.15, 0.2) is 46.2 Å². The van der Waals surface area contributed by atoms with E-state index in [0.717, 1.165) is 24.3 Å². The summed E-state index contributed by atoms with van der Waals surface area (Å²) in [6, 6.07) is 3.21. The minimum absolute atomic E-state index is 0.273. The van der Waals surface area contributed by atoms with E-state index in [9.17, 15) is 50.1 Å². The predicted molar refractivity (Wildman–Crippen MR) is 105 cm³/mol. The molecule has 1 saturated carbocycles. The molecule has 0 spiro atoms. The molecule has 2 aromatic carbocycles. The monoisotopic (exact) mass is 478 g/mol. The van der Waals surface area contributed by atoms with Gasteiger partial charge < -0.3 is 50.0 Å². The van der Waals surface area contributed by atoms with Crippen LogP contribution in [0.25, 0.3) is 0 Å². The van der Waals surface area contributed by atoms with Gasteiger partial charge in [0, 0.05) is 12.8 Å². The maximum absolute atomic E-state index is 12.6. The summed E-state index contributed by atoms with van der Waals surface area (Å²) in [5, 5.41) is 67.9. The Labute approximate surface area is 189 Å². The fourth-order valence-electron chi connectivity index (χ4n) is 3.85. The van der Waals surface area contributed by atoms with Crippen LogP contribution in [0, 0.1) is 0 Å². The smallest absolute Gasteiger partial charge is 0.338 e. The van der Waals surface area contributed by atoms with E-state index in [4.69, 9.17) is 14.2 Å². The molecule has 4 rings (SSSR count). The van der Waals surface area contributed by atoms with Gasteiger partial charge in [0.1, 0.15) is 12.2 Å². The molecular weight excluding hydrogens is 460 g/mol. The summed E-state index contributed by atoms with van der Waals surface area (Å²) in [6.45, 7) is 0. The van der Waals surface area contributed by atoms with Crippen LogP contribution in [0.4, 0.5) is 0 Å². The Kier molecular flexibility index (Phi) is 5.28. The summed E-state index contributed by atoms with van der Waals surface area (Å²) >= 11 is 0. The normalized spacial score (nSPS) is 25.4. The number of hydrogen-bond acceptors (Lipinski definition) is 13. The Morgan fingerprint density at radius 2 is 1.24 bits per heavy atom. The first-order valence-corrected chi connectivity index (χ1v) is 9.75. The van der Waals surface area contributed by atoms with E-state index in [0.29, 0.717) is 0 Å². The first kappa shape index (κ1) is 22.8. The zero-order valence-electron chi connectivity index (χ0n) is 17.0. The molecule has 2 bridgehead atoms. The van der Waals surface area contributed by atoms with Gasteiger partial charge in [-0.15, -0.1) is 0 Å². The molecule has 2 fully saturated rings. The molecular formula is C21H18O13. The average Bonchev–Trinajstić information content (AvgIpc) is 3.01. The molecule has 7 N–H and O–H groups in total. The molecule has 4 atom stereocenters. The Bertz CT molecular complexity index is 1160. The number of carbonyl (C=O) groups is 3. The highest BCUT2D eigenvalue weighted by Gasteiger charge is 2.60. The maximum atomic E-state index is 12.6. The average molecular weight is 478 g/mol. The van der Waals surface area contributed by atoms with Crippen LogP contribution in [0.15, 0.2) is 24.3 Å². The lowest BCUT2D eigenvalue weighted by atomic mass is 9.82. The number of fused-ring (bicyclic) bond motifs is 2. The molecule has 0 radical (unpaired) electrons. The van der Waals surface area contributed by atoms with Crippen LogP contribution >= 0.6 is 0 Å². The number of rotatable bonds is 4. The fraction of sp³-hybridized carbons (Fsp3) is 0.286. The molecule has 2 aliphatic rings. The minimum atomic E-state index is -2.02. The van der Waals surface area contributed by atoms with Gasteiger partial charge in [-0.05, 0) is 24.3 Å². The maximum Gasteiger partial charge on any atom is 0.338 e. The van der Waals surface area contributed by atoms with E-state index in [1.54, 1.807) is 0 Å². The van der Waals surface area contributed by atoms with Crippen molar-refractivity contribution < 1.29 is 64.3 Å². The van der Waals surface area contributed by atoms with Crippen molar-refractivity contribution in [3.05, 3.63) is 35.4 Å². The number of aliphatic hydroxyl groups is 1. The van der Waals surface area contributed by atoms with Gasteiger partial charge in [-0.25, -0.2) is 14.4 Å². The highest BCUT2D eigenvalue weighted by Crippen LogP contribution is 2.42. The van der Waals surface area contributed by atoms with E-state index in [2.05, 4.69) is 0 Å². The summed E-state index contributed by atoms with van der Waals surface area (Å²) < 4.78 is 15.7. The number of phenolic OH excluding ortho intramolecular Hbond substituents is 6. The number of aromatic hydroxyl groups is 6. The standard InChI is InChI=1S/C21H18O13/c22-9-1-7(2-10(23)15(9)26)18(28)32-13-5-21(31)6-14(33-20(21)30)17(13)34-19(29)8-3-11(24)16(27)12(25)4-8/h1-4,13-14,17,22-27,31H,5-6H2/t13-,14-,17-,21-/m1/s1. The minimum Gasteiger partial charge on any atom is -0.504 e. The lowest BCUT2D eigenvalue weighted by molar-refractivity contribution is -0.154. The number of phenols is 6. The molecule has 34 heavy (non-hydrogen) atoms. The van der Waals surface area contributed by atoms with Crippen molar-refractivity contribution in [2.24, 2.45) is 0 Å². The molecule has 1 saturated heterocycles. The van der Waals surface area contributed by atoms with E-state index in [-0.39, 0.29) is 6.42 Å². The van der Waals surface area contributed by atoms with Crippen molar-refractivity contribution in [3.63, 3.8) is 0 Å². The van der Waals surface area contributed by atoms with E-state index < -0.39 is 93.9 Å². The molecule has 1 aliphatic carbocycles. The summed E-state index contributed by atoms with van der Waals surface area (Å²) in [4.78, 5) is 37.3. The predicted octanol–water partition coefficient (Wildman–Crippen LogP) is 0.121. The Hall–Kier alpha value is -4.39. The molecule has 2 aromatic rings. The van der Waals surface area contributed by atoms with Crippen LogP contribution in [0.5, 0.6) is 34.5 Å². The number of benzene rings is 2. The third-order valence-corrected chi connectivity index (χ3v) is 5.56. The van der Waals surface area contributed by atoms with Crippen molar-refractivity contribution in [2.75, 3.05) is 0 Å². The molecule has 13 heteroatoms. The molecule has 13 nitrogen and oxygen atoms in total. The van der Waals surface area contributed by atoms with E-state index in [1.165, 1.54) is 0 Å². The first-order chi connectivity index (χ1) is 15.9. The summed E-state index contributed by atoms with van der Waals surface area (Å²) in [5.41, 5.74) is -2.81. The van der Waals surface area contributed by atoms with E-state index >= 15 is 0 Å². The van der Waals surface area contributed by atoms with Crippen LogP contribution in [-0.2, 0) is 19.0 Å². The van der Waals surface area contributed by atoms with Gasteiger partial charge >= 0.3 is 17.9 Å². The number of ether oxygens (including phenoxy) is 3. The van der Waals surface area contributed by atoms with Crippen molar-refractivity contribution in [2.45, 2.75) is 36.8 Å². The third-order valence-electron chi connectivity index (χ3n) is 5.56. The fourth-order valence-corrected chi connectivity index (χ4v) is 3.85. The summed E-state index contributed by atoms with van der Waals surface area (Å²) in [6.07, 6.45) is -4.88. The Balaban J connectivity index is 1.61. The molecule has 1 heterocycles. The lowest BCUT2D eigenvalue weighted by Gasteiger charge is -2.35. The lowest BCUT2D eigenvalue weighted by Crippen LogP contribution is -2.52. The van der Waals surface area contributed by atoms with Crippen LogP contribution in [0.2, 0.25) is 0 Å². The van der Waals surface area contributed by atoms with Crippen molar-refractivity contribution in [1.82, 2.24) is 0 Å². The van der Waals surface area contributed by atoms with Crippen molar-refractivity contribution in [3.8, 4) is 34.5 Å². The van der Waals surface area contributed by atoms with Gasteiger partial charge in [0.2, 0.25) is 0 Å². The highest BCUT2D eigenvalue weighted by molar-refractivity contribution is 5.92. The number of hydrogen-bond donors (Lipinski definition) is 7. The summed E-state index contributed by atoms with van der Waals surface area (Å²) in [7, 11) is 0. The molecule has 0 amide bonds. The second-order valence-electron chi connectivity index (χ2n) is 7.92. The topological polar surface area (TPSA) is 221 Å². The van der Waals surface area contributed by atoms with Gasteiger partial charge in [-0.3, -0.25) is 0 Å². The van der Waals surface area contributed by atoms with Gasteiger partial charge in [0.25, 0.3) is 0 Å². The second-order valence-corrected chi connectivity index (χ2v) is 7.92. The van der Waals surface area contributed by atoms with Crippen LogP contribution in [-0.4, -0.2) is 77.6 Å². The van der Waals surface area contributed by atoms with Crippen molar-refractivity contribution >= 4 is 17.9 Å². The second kappa shape index (κ2) is 7.88. The van der Waals surface area contributed by atoms with Crippen molar-refractivity contribution in [1.29, 1.82) is 0 Å². The zero-order chi connectivity index (χ0) is 24.9. The van der Waals surface area contributed by atoms with Crippen LogP contribution in [0.1, 0.15) is 33.6 Å². The molecule has 0 unspecified atom stereocenters. The van der Waals surface area contributed by atoms with Gasteiger partial charge in [0.05, 0.1) is 11.1 Å². The highest BCUT2D eigenvalue weighted by atomic mass is 16.6. The largest absolute Gasteiger partial charge is 0.504 e. The first-order valence-electron chi connectivity index (χ1n) is 9.75. The van der Waals surface area contributed by atoms with Gasteiger partial charge in [-0.2, -0.15) is 0 Å². The zero-order valence-corrected chi connectivity index (χ0v) is 17.0. The SMILES string of the molecule is O=C(O[C@@H]1[C@H](OC(=O)c2cc(O)c(O)c(O)c2)C[C@@]2(O)C[C@H]1OC2=O)c1cc(O)c(O)c(O)c1. The quantitative estimate of drug-likeness (QED) is 0.176. The van der Waals surface area contributed by atoms with Crippen LogP contribution in [0.3, 0.4) is 0 Å². The van der Waals surface area contributed by atoms with E-state index in [1.807, 2.05) is 0 Å². The summed E-state index contributed by atoms with van der Waals surface area (Å²) in [5.74, 6) is -8.32. The number of carbonyl (C=O) groups excluding carboxylic acids is 3. The Morgan fingerprint density at radius 1 is 0.794 bits per heavy atom. The molecule has 1 aliphatic heterocycles. The molecule has 0 aromatic heterocycles. The third kappa shape index (κ3) is 3.81.